The van der Waals surface area contributed by atoms with Crippen LogP contribution in [-0.4, -0.2) is 21.5 Å². The van der Waals surface area contributed by atoms with Crippen LogP contribution in [0.1, 0.15) is 0 Å². The standard InChI is InChI=1S/C8H8N4/c1-9-7-6-4-3-5-10-8(6)12(2)11-7/h3-5H,1H2,2H3. The molecule has 4 nitrogen and oxygen atoms in total. The van der Waals surface area contributed by atoms with Crippen molar-refractivity contribution in [1.82, 2.24) is 14.8 Å². The van der Waals surface area contributed by atoms with Crippen LogP contribution in [-0.2, 0) is 7.05 Å². The molecule has 0 atom stereocenters. The molecule has 0 aliphatic heterocycles. The van der Waals surface area contributed by atoms with Crippen LogP contribution in [0.15, 0.2) is 23.3 Å². The monoisotopic (exact) mass is 160 g/mol. The summed E-state index contributed by atoms with van der Waals surface area (Å²) in [6.45, 7) is 3.44. The highest BCUT2D eigenvalue weighted by Crippen LogP contribution is 2.21. The molecule has 0 amide bonds. The molecule has 0 N–H and O–H groups in total. The van der Waals surface area contributed by atoms with Gasteiger partial charge >= 0.3 is 0 Å². The molecular formula is C8H8N4. The molecule has 0 bridgehead atoms. The Balaban J connectivity index is 2.91. The van der Waals surface area contributed by atoms with Crippen LogP contribution >= 0.6 is 0 Å². The Bertz CT molecular complexity index is 430. The molecule has 2 rings (SSSR count). The predicted molar refractivity (Wildman–Crippen MR) is 47.7 cm³/mol. The van der Waals surface area contributed by atoms with Crippen LogP contribution in [0.3, 0.4) is 0 Å². The van der Waals surface area contributed by atoms with Crippen LogP contribution in [0.5, 0.6) is 0 Å². The van der Waals surface area contributed by atoms with Gasteiger partial charge in [-0.05, 0) is 18.9 Å². The minimum atomic E-state index is 0.639. The lowest BCUT2D eigenvalue weighted by Crippen LogP contribution is -1.90. The first-order chi connectivity index (χ1) is 5.83. The largest absolute Gasteiger partial charge is 0.248 e. The summed E-state index contributed by atoms with van der Waals surface area (Å²) in [5, 5.41) is 5.07. The van der Waals surface area contributed by atoms with Crippen LogP contribution < -0.4 is 0 Å². The second kappa shape index (κ2) is 2.41. The lowest BCUT2D eigenvalue weighted by Gasteiger charge is -1.88. The van der Waals surface area contributed by atoms with E-state index in [-0.39, 0.29) is 0 Å². The van der Waals surface area contributed by atoms with Crippen molar-refractivity contribution >= 4 is 23.6 Å². The number of aliphatic imine (C=N–C) groups is 1. The fourth-order valence-corrected chi connectivity index (χ4v) is 1.19. The van der Waals surface area contributed by atoms with E-state index in [0.29, 0.717) is 5.82 Å². The van der Waals surface area contributed by atoms with Gasteiger partial charge in [-0.3, -0.25) is 0 Å². The molecule has 0 fully saturated rings. The molecule has 0 unspecified atom stereocenters. The van der Waals surface area contributed by atoms with Gasteiger partial charge in [-0.1, -0.05) is 0 Å². The summed E-state index contributed by atoms with van der Waals surface area (Å²) in [5.41, 5.74) is 0.833. The summed E-state index contributed by atoms with van der Waals surface area (Å²) >= 11 is 0. The third kappa shape index (κ3) is 0.812. The van der Waals surface area contributed by atoms with E-state index in [1.54, 1.807) is 10.9 Å². The maximum absolute atomic E-state index is 4.16. The van der Waals surface area contributed by atoms with Gasteiger partial charge in [-0.15, -0.1) is 0 Å². The Morgan fingerprint density at radius 3 is 3.17 bits per heavy atom. The average Bonchev–Trinajstić information content (AvgIpc) is 2.44. The molecule has 0 saturated heterocycles. The molecular weight excluding hydrogens is 152 g/mol. The number of pyridine rings is 1. The second-order valence-corrected chi connectivity index (χ2v) is 2.48. The highest BCUT2D eigenvalue weighted by atomic mass is 15.3. The van der Waals surface area contributed by atoms with Gasteiger partial charge in [0.2, 0.25) is 0 Å². The minimum absolute atomic E-state index is 0.639. The van der Waals surface area contributed by atoms with Gasteiger partial charge in [-0.25, -0.2) is 14.7 Å². The molecule has 0 aromatic carbocycles. The molecule has 0 saturated carbocycles. The van der Waals surface area contributed by atoms with Gasteiger partial charge in [0, 0.05) is 13.2 Å². The first-order valence-corrected chi connectivity index (χ1v) is 3.57. The zero-order chi connectivity index (χ0) is 8.55. The SMILES string of the molecule is C=Nc1nn(C)c2ncccc12. The van der Waals surface area contributed by atoms with E-state index in [1.807, 2.05) is 19.2 Å². The Kier molecular flexibility index (Phi) is 1.40. The maximum Gasteiger partial charge on any atom is 0.182 e. The first-order valence-electron chi connectivity index (χ1n) is 3.57. The topological polar surface area (TPSA) is 43.1 Å². The zero-order valence-corrected chi connectivity index (χ0v) is 6.73. The quantitative estimate of drug-likeness (QED) is 0.590. The van der Waals surface area contributed by atoms with E-state index in [4.69, 9.17) is 0 Å². The molecule has 2 aromatic rings. The molecule has 0 spiro atoms. The van der Waals surface area contributed by atoms with Crippen LogP contribution in [0, 0.1) is 0 Å². The Labute approximate surface area is 69.6 Å². The lowest BCUT2D eigenvalue weighted by molar-refractivity contribution is 0.788. The summed E-state index contributed by atoms with van der Waals surface area (Å²) in [7, 11) is 1.84. The summed E-state index contributed by atoms with van der Waals surface area (Å²) in [5.74, 6) is 0.639. The van der Waals surface area contributed by atoms with E-state index in [2.05, 4.69) is 21.8 Å². The van der Waals surface area contributed by atoms with E-state index in [0.717, 1.165) is 11.0 Å². The molecule has 0 aliphatic rings. The van der Waals surface area contributed by atoms with E-state index >= 15 is 0 Å². The minimum Gasteiger partial charge on any atom is -0.248 e. The van der Waals surface area contributed by atoms with Crippen LogP contribution in [0.2, 0.25) is 0 Å². The summed E-state index contributed by atoms with van der Waals surface area (Å²) in [6, 6.07) is 3.79. The molecule has 0 aliphatic carbocycles. The van der Waals surface area contributed by atoms with Gasteiger partial charge in [0.25, 0.3) is 0 Å². The molecule has 12 heavy (non-hydrogen) atoms. The number of hydrogen-bond donors (Lipinski definition) is 0. The lowest BCUT2D eigenvalue weighted by atomic mass is 10.3. The van der Waals surface area contributed by atoms with Crippen molar-refractivity contribution in [2.24, 2.45) is 12.0 Å². The van der Waals surface area contributed by atoms with E-state index in [9.17, 15) is 0 Å². The predicted octanol–water partition coefficient (Wildman–Crippen LogP) is 1.30. The van der Waals surface area contributed by atoms with E-state index in [1.165, 1.54) is 0 Å². The van der Waals surface area contributed by atoms with E-state index < -0.39 is 0 Å². The normalized spacial score (nSPS) is 10.4. The maximum atomic E-state index is 4.16. The van der Waals surface area contributed by atoms with Crippen molar-refractivity contribution < 1.29 is 0 Å². The van der Waals surface area contributed by atoms with Gasteiger partial charge in [-0.2, -0.15) is 5.10 Å². The smallest absolute Gasteiger partial charge is 0.182 e. The number of aromatic nitrogens is 3. The first kappa shape index (κ1) is 6.97. The second-order valence-electron chi connectivity index (χ2n) is 2.48. The molecule has 4 heteroatoms. The Hall–Kier alpha value is -1.71. The van der Waals surface area contributed by atoms with Crippen molar-refractivity contribution in [2.45, 2.75) is 0 Å². The van der Waals surface area contributed by atoms with Crippen molar-refractivity contribution in [3.63, 3.8) is 0 Å². The zero-order valence-electron chi connectivity index (χ0n) is 6.73. The molecule has 60 valence electrons. The van der Waals surface area contributed by atoms with Crippen molar-refractivity contribution in [3.8, 4) is 0 Å². The van der Waals surface area contributed by atoms with Crippen molar-refractivity contribution in [1.29, 1.82) is 0 Å². The van der Waals surface area contributed by atoms with Crippen LogP contribution in [0.25, 0.3) is 11.0 Å². The highest BCUT2D eigenvalue weighted by molar-refractivity contribution is 5.86. The fourth-order valence-electron chi connectivity index (χ4n) is 1.19. The van der Waals surface area contributed by atoms with Crippen molar-refractivity contribution in [3.05, 3.63) is 18.3 Å². The molecule has 2 aromatic heterocycles. The average molecular weight is 160 g/mol. The number of rotatable bonds is 1. The summed E-state index contributed by atoms with van der Waals surface area (Å²) in [4.78, 5) is 7.96. The summed E-state index contributed by atoms with van der Waals surface area (Å²) in [6.07, 6.45) is 1.73. The van der Waals surface area contributed by atoms with Crippen LogP contribution in [0.4, 0.5) is 5.82 Å². The fraction of sp³-hybridized carbons (Fsp3) is 0.125. The summed E-state index contributed by atoms with van der Waals surface area (Å²) < 4.78 is 1.69. The Morgan fingerprint density at radius 1 is 1.58 bits per heavy atom. The number of fused-ring (bicyclic) bond motifs is 1. The number of aryl methyl sites for hydroxylation is 1. The number of hydrogen-bond acceptors (Lipinski definition) is 3. The van der Waals surface area contributed by atoms with Crippen molar-refractivity contribution in [2.75, 3.05) is 0 Å². The third-order valence-corrected chi connectivity index (χ3v) is 1.73. The molecule has 2 heterocycles. The highest BCUT2D eigenvalue weighted by Gasteiger charge is 2.05. The van der Waals surface area contributed by atoms with Gasteiger partial charge in [0.1, 0.15) is 0 Å². The molecule has 0 radical (unpaired) electrons. The van der Waals surface area contributed by atoms with Gasteiger partial charge in [0.15, 0.2) is 11.5 Å². The van der Waals surface area contributed by atoms with Gasteiger partial charge in [0.05, 0.1) is 5.39 Å². The third-order valence-electron chi connectivity index (χ3n) is 1.73. The number of nitrogens with zero attached hydrogens (tertiary/aromatic N) is 4. The van der Waals surface area contributed by atoms with Gasteiger partial charge < -0.3 is 0 Å². The Morgan fingerprint density at radius 2 is 2.42 bits per heavy atom.